The van der Waals surface area contributed by atoms with Crippen molar-refractivity contribution in [2.24, 2.45) is 0 Å². The van der Waals surface area contributed by atoms with Crippen molar-refractivity contribution in [2.75, 3.05) is 33.0 Å². The lowest BCUT2D eigenvalue weighted by molar-refractivity contribution is -0.332. The average molecular weight is 873 g/mol. The molecule has 61 heavy (non-hydrogen) atoms. The molecule has 2 heterocycles. The summed E-state index contributed by atoms with van der Waals surface area (Å²) in [5.74, 6) is -0.393. The molecule has 0 aliphatic carbocycles. The summed E-state index contributed by atoms with van der Waals surface area (Å²) in [6.45, 7) is 3.54. The maximum absolute atomic E-state index is 12.9. The lowest BCUT2D eigenvalue weighted by Gasteiger charge is -2.42. The SMILES string of the molecule is CC/C=C\C/C=C\C/C=C\CCCCCCCC(=O)OC(COCCCCCCCCCCCCCC)COC1OC(COC2OC(CO)C(O)C(O)C2O)C(O)C(O)C1O. The van der Waals surface area contributed by atoms with Crippen LogP contribution in [-0.2, 0) is 33.2 Å². The molecule has 2 rings (SSSR count). The van der Waals surface area contributed by atoms with Crippen LogP contribution in [0.3, 0.4) is 0 Å². The van der Waals surface area contributed by atoms with E-state index in [9.17, 15) is 40.5 Å². The molecule has 0 spiro atoms. The molecule has 356 valence electrons. The van der Waals surface area contributed by atoms with E-state index in [0.717, 1.165) is 70.6 Å². The summed E-state index contributed by atoms with van der Waals surface area (Å²) in [6, 6.07) is 0. The number of carbonyl (C=O) groups is 1. The summed E-state index contributed by atoms with van der Waals surface area (Å²) in [5.41, 5.74) is 0. The fourth-order valence-corrected chi connectivity index (χ4v) is 7.30. The van der Waals surface area contributed by atoms with E-state index < -0.39 is 86.7 Å². The zero-order valence-corrected chi connectivity index (χ0v) is 37.4. The van der Waals surface area contributed by atoms with Gasteiger partial charge in [-0.2, -0.15) is 0 Å². The van der Waals surface area contributed by atoms with Gasteiger partial charge in [0.25, 0.3) is 0 Å². The number of esters is 1. The van der Waals surface area contributed by atoms with Gasteiger partial charge in [-0.1, -0.05) is 140 Å². The van der Waals surface area contributed by atoms with Crippen LogP contribution < -0.4 is 0 Å². The molecular formula is C47H84O14. The molecule has 14 nitrogen and oxygen atoms in total. The highest BCUT2D eigenvalue weighted by atomic mass is 16.7. The second-order valence-corrected chi connectivity index (χ2v) is 16.6. The normalized spacial score (nSPS) is 27.8. The Morgan fingerprint density at radius 1 is 0.557 bits per heavy atom. The van der Waals surface area contributed by atoms with E-state index in [1.807, 2.05) is 0 Å². The third kappa shape index (κ3) is 24.2. The van der Waals surface area contributed by atoms with Gasteiger partial charge < -0.3 is 64.2 Å². The number of ether oxygens (including phenoxy) is 6. The quantitative estimate of drug-likeness (QED) is 0.0224. The first-order chi connectivity index (χ1) is 29.6. The first-order valence-electron chi connectivity index (χ1n) is 23.6. The molecule has 2 saturated heterocycles. The van der Waals surface area contributed by atoms with Gasteiger partial charge in [0.1, 0.15) is 54.9 Å². The Balaban J connectivity index is 1.81. The van der Waals surface area contributed by atoms with E-state index in [4.69, 9.17) is 28.4 Å². The van der Waals surface area contributed by atoms with E-state index >= 15 is 0 Å². The predicted octanol–water partition coefficient (Wildman–Crippen LogP) is 5.85. The topological polar surface area (TPSA) is 214 Å². The minimum Gasteiger partial charge on any atom is -0.457 e. The van der Waals surface area contributed by atoms with Crippen LogP contribution in [0.25, 0.3) is 0 Å². The van der Waals surface area contributed by atoms with Gasteiger partial charge in [0.15, 0.2) is 12.6 Å². The van der Waals surface area contributed by atoms with Gasteiger partial charge in [0.05, 0.1) is 26.4 Å². The molecule has 0 radical (unpaired) electrons. The molecule has 0 aromatic rings. The summed E-state index contributed by atoms with van der Waals surface area (Å²) >= 11 is 0. The fraction of sp³-hybridized carbons (Fsp3) is 0.851. The molecular weight excluding hydrogens is 789 g/mol. The zero-order valence-electron chi connectivity index (χ0n) is 37.4. The van der Waals surface area contributed by atoms with Gasteiger partial charge in [-0.25, -0.2) is 0 Å². The van der Waals surface area contributed by atoms with Crippen LogP contribution in [-0.4, -0.2) is 142 Å². The van der Waals surface area contributed by atoms with Gasteiger partial charge >= 0.3 is 5.97 Å². The van der Waals surface area contributed by atoms with Crippen molar-refractivity contribution in [2.45, 2.75) is 223 Å². The van der Waals surface area contributed by atoms with Crippen molar-refractivity contribution in [3.63, 3.8) is 0 Å². The summed E-state index contributed by atoms with van der Waals surface area (Å²) in [7, 11) is 0. The number of unbranched alkanes of at least 4 members (excludes halogenated alkanes) is 16. The first-order valence-corrected chi connectivity index (χ1v) is 23.6. The molecule has 11 atom stereocenters. The Labute approximate surface area is 366 Å². The number of allylic oxidation sites excluding steroid dienone is 6. The minimum absolute atomic E-state index is 0.0562. The Hall–Kier alpha value is -1.79. The van der Waals surface area contributed by atoms with Crippen LogP contribution in [0.2, 0.25) is 0 Å². The monoisotopic (exact) mass is 873 g/mol. The van der Waals surface area contributed by atoms with Gasteiger partial charge in [-0.15, -0.1) is 0 Å². The van der Waals surface area contributed by atoms with Gasteiger partial charge in [0, 0.05) is 13.0 Å². The van der Waals surface area contributed by atoms with Crippen LogP contribution in [0.1, 0.15) is 155 Å². The Kier molecular flexibility index (Phi) is 32.2. The van der Waals surface area contributed by atoms with E-state index in [-0.39, 0.29) is 19.6 Å². The molecule has 0 aromatic carbocycles. The molecule has 0 aromatic heterocycles. The first kappa shape index (κ1) is 55.3. The Morgan fingerprint density at radius 2 is 1.07 bits per heavy atom. The number of rotatable bonds is 36. The maximum atomic E-state index is 12.9. The molecule has 2 fully saturated rings. The predicted molar refractivity (Wildman–Crippen MR) is 233 cm³/mol. The Morgan fingerprint density at radius 3 is 1.67 bits per heavy atom. The molecule has 2 aliphatic rings. The number of carbonyl (C=O) groups excluding carboxylic acids is 1. The second kappa shape index (κ2) is 35.5. The van der Waals surface area contributed by atoms with Gasteiger partial charge in [-0.05, 0) is 44.9 Å². The molecule has 0 amide bonds. The third-order valence-corrected chi connectivity index (χ3v) is 11.2. The van der Waals surface area contributed by atoms with Crippen LogP contribution in [0.15, 0.2) is 36.5 Å². The van der Waals surface area contributed by atoms with Crippen LogP contribution >= 0.6 is 0 Å². The largest absolute Gasteiger partial charge is 0.457 e. The highest BCUT2D eigenvalue weighted by Crippen LogP contribution is 2.26. The van der Waals surface area contributed by atoms with Crippen molar-refractivity contribution in [3.8, 4) is 0 Å². The molecule has 0 saturated carbocycles. The molecule has 7 N–H and O–H groups in total. The van der Waals surface area contributed by atoms with Crippen molar-refractivity contribution in [1.82, 2.24) is 0 Å². The van der Waals surface area contributed by atoms with Gasteiger partial charge in [0.2, 0.25) is 0 Å². The molecule has 2 aliphatic heterocycles. The third-order valence-electron chi connectivity index (χ3n) is 11.2. The van der Waals surface area contributed by atoms with Crippen molar-refractivity contribution < 1.29 is 69.0 Å². The summed E-state index contributed by atoms with van der Waals surface area (Å²) in [6.07, 6.45) is 20.7. The smallest absolute Gasteiger partial charge is 0.306 e. The number of aliphatic hydroxyl groups is 7. The van der Waals surface area contributed by atoms with Crippen molar-refractivity contribution in [3.05, 3.63) is 36.5 Å². The zero-order chi connectivity index (χ0) is 44.5. The summed E-state index contributed by atoms with van der Waals surface area (Å²) in [4.78, 5) is 12.9. The highest BCUT2D eigenvalue weighted by molar-refractivity contribution is 5.69. The molecule has 14 heteroatoms. The lowest BCUT2D eigenvalue weighted by atomic mass is 9.98. The van der Waals surface area contributed by atoms with E-state index in [0.29, 0.717) is 13.0 Å². The Bertz CT molecular complexity index is 1150. The van der Waals surface area contributed by atoms with Crippen LogP contribution in [0.4, 0.5) is 0 Å². The molecule has 11 unspecified atom stereocenters. The second-order valence-electron chi connectivity index (χ2n) is 16.6. The number of aliphatic hydroxyl groups excluding tert-OH is 7. The minimum atomic E-state index is -1.71. The van der Waals surface area contributed by atoms with Gasteiger partial charge in [-0.3, -0.25) is 4.79 Å². The lowest BCUT2D eigenvalue weighted by Crippen LogP contribution is -2.61. The standard InChI is InChI=1S/C47H84O14/c1-3-5-7-9-11-13-15-17-18-19-20-22-24-26-28-30-39(49)59-36(33-56-31-29-27-25-23-21-16-14-12-10-8-6-4-2)34-57-46-45(55)43(53)41(51)38(61-46)35-58-47-44(54)42(52)40(50)37(32-48)60-47/h5,7,11,13,17-18,36-38,40-48,50-55H,3-4,6,8-10,12,14-16,19-35H2,1-2H3/b7-5-,13-11-,18-17-. The highest BCUT2D eigenvalue weighted by Gasteiger charge is 2.47. The van der Waals surface area contributed by atoms with Crippen LogP contribution in [0, 0.1) is 0 Å². The van der Waals surface area contributed by atoms with Crippen LogP contribution in [0.5, 0.6) is 0 Å². The average Bonchev–Trinajstić information content (AvgIpc) is 3.25. The number of hydrogen-bond donors (Lipinski definition) is 7. The van der Waals surface area contributed by atoms with E-state index in [1.165, 1.54) is 57.8 Å². The fourth-order valence-electron chi connectivity index (χ4n) is 7.30. The maximum Gasteiger partial charge on any atom is 0.306 e. The van der Waals surface area contributed by atoms with Crippen molar-refractivity contribution >= 4 is 5.97 Å². The summed E-state index contributed by atoms with van der Waals surface area (Å²) < 4.78 is 34.2. The summed E-state index contributed by atoms with van der Waals surface area (Å²) in [5, 5.41) is 71.9. The molecule has 0 bridgehead atoms. The number of hydrogen-bond acceptors (Lipinski definition) is 14. The van der Waals surface area contributed by atoms with E-state index in [2.05, 4.69) is 50.3 Å². The van der Waals surface area contributed by atoms with E-state index in [1.54, 1.807) is 0 Å². The van der Waals surface area contributed by atoms with Crippen molar-refractivity contribution in [1.29, 1.82) is 0 Å².